The fourth-order valence-electron chi connectivity index (χ4n) is 7.06. The SMILES string of the molecule is CNC(C(=O)N[C@H]1Cc2ccc3c(c2)C2(c4ccccc4N[C@H]2O3)c2oc(nc2-c2nc(C(=O)OC)co2)[C@H](C(C)C)NC1=O)C(C)C. The summed E-state index contributed by atoms with van der Waals surface area (Å²) < 4.78 is 24.1. The van der Waals surface area contributed by atoms with E-state index in [1.54, 1.807) is 7.05 Å². The topological polar surface area (TPSA) is 170 Å². The lowest BCUT2D eigenvalue weighted by Crippen LogP contribution is -2.55. The van der Waals surface area contributed by atoms with Gasteiger partial charge in [0, 0.05) is 17.7 Å². The van der Waals surface area contributed by atoms with Crippen LogP contribution in [0.4, 0.5) is 5.69 Å². The number of carbonyl (C=O) groups is 3. The summed E-state index contributed by atoms with van der Waals surface area (Å²) in [6.45, 7) is 7.77. The summed E-state index contributed by atoms with van der Waals surface area (Å²) in [5.41, 5.74) is 2.48. The second-order valence-corrected chi connectivity index (χ2v) is 13.1. The average molecular weight is 655 g/mol. The Morgan fingerprint density at radius 2 is 1.85 bits per heavy atom. The van der Waals surface area contributed by atoms with Crippen molar-refractivity contribution in [3.05, 3.63) is 82.8 Å². The van der Waals surface area contributed by atoms with Gasteiger partial charge in [-0.3, -0.25) is 9.59 Å². The molecule has 0 saturated heterocycles. The Hall–Kier alpha value is -5.17. The van der Waals surface area contributed by atoms with Crippen molar-refractivity contribution in [3.8, 4) is 17.3 Å². The van der Waals surface area contributed by atoms with Crippen molar-refractivity contribution in [1.29, 1.82) is 0 Å². The molecule has 3 aliphatic heterocycles. The molecular formula is C35H38N6O7. The first kappa shape index (κ1) is 31.4. The molecule has 0 saturated carbocycles. The van der Waals surface area contributed by atoms with E-state index < -0.39 is 35.7 Å². The van der Waals surface area contributed by atoms with E-state index in [0.717, 1.165) is 22.4 Å². The number of nitrogens with one attached hydrogen (secondary N) is 4. The monoisotopic (exact) mass is 654 g/mol. The minimum Gasteiger partial charge on any atom is -0.469 e. The zero-order chi connectivity index (χ0) is 33.9. The summed E-state index contributed by atoms with van der Waals surface area (Å²) in [6.07, 6.45) is 0.801. The fraction of sp³-hybridized carbons (Fsp3) is 0.400. The van der Waals surface area contributed by atoms with E-state index in [0.29, 0.717) is 11.5 Å². The summed E-state index contributed by atoms with van der Waals surface area (Å²) >= 11 is 0. The van der Waals surface area contributed by atoms with E-state index in [4.69, 9.17) is 23.3 Å². The Bertz CT molecular complexity index is 1910. The number of hydrogen-bond donors (Lipinski definition) is 4. The number of aromatic nitrogens is 2. The smallest absolute Gasteiger partial charge is 0.360 e. The zero-order valence-corrected chi connectivity index (χ0v) is 27.5. The van der Waals surface area contributed by atoms with Crippen LogP contribution in [0.1, 0.15) is 72.6 Å². The normalized spacial score (nSPS) is 22.8. The number of fused-ring (bicyclic) bond motifs is 4. The molecule has 5 heterocycles. The maximum absolute atomic E-state index is 14.1. The molecule has 0 aliphatic carbocycles. The lowest BCUT2D eigenvalue weighted by atomic mass is 9.72. The lowest BCUT2D eigenvalue weighted by molar-refractivity contribution is -0.131. The average Bonchev–Trinajstić information content (AvgIpc) is 3.83. The van der Waals surface area contributed by atoms with Gasteiger partial charge in [-0.25, -0.2) is 14.8 Å². The summed E-state index contributed by atoms with van der Waals surface area (Å²) in [5.74, 6) is -0.251. The van der Waals surface area contributed by atoms with Crippen LogP contribution in [0.25, 0.3) is 11.6 Å². The summed E-state index contributed by atoms with van der Waals surface area (Å²) in [6, 6.07) is 11.5. The highest BCUT2D eigenvalue weighted by Gasteiger charge is 2.61. The highest BCUT2D eigenvalue weighted by molar-refractivity contribution is 5.90. The van der Waals surface area contributed by atoms with Crippen LogP contribution >= 0.6 is 0 Å². The van der Waals surface area contributed by atoms with Crippen LogP contribution in [0.5, 0.6) is 5.75 Å². The van der Waals surface area contributed by atoms with Gasteiger partial charge in [0.15, 0.2) is 23.4 Å². The van der Waals surface area contributed by atoms with Crippen LogP contribution in [0.15, 0.2) is 57.6 Å². The molecule has 2 unspecified atom stereocenters. The number of benzene rings is 2. The molecule has 4 N–H and O–H groups in total. The molecule has 7 rings (SSSR count). The molecule has 0 radical (unpaired) electrons. The van der Waals surface area contributed by atoms with E-state index in [-0.39, 0.29) is 53.2 Å². The van der Waals surface area contributed by atoms with Gasteiger partial charge >= 0.3 is 5.97 Å². The Morgan fingerprint density at radius 3 is 2.58 bits per heavy atom. The van der Waals surface area contributed by atoms with Gasteiger partial charge in [-0.15, -0.1) is 0 Å². The third-order valence-electron chi connectivity index (χ3n) is 9.41. The number of rotatable bonds is 7. The van der Waals surface area contributed by atoms with Crippen molar-refractivity contribution in [3.63, 3.8) is 0 Å². The second-order valence-electron chi connectivity index (χ2n) is 13.1. The molecule has 13 nitrogen and oxygen atoms in total. The van der Waals surface area contributed by atoms with Gasteiger partial charge in [-0.1, -0.05) is 58.0 Å². The number of carbonyl (C=O) groups excluding carboxylic acids is 3. The zero-order valence-electron chi connectivity index (χ0n) is 27.5. The van der Waals surface area contributed by atoms with Crippen molar-refractivity contribution in [2.45, 2.75) is 63.9 Å². The third-order valence-corrected chi connectivity index (χ3v) is 9.41. The largest absolute Gasteiger partial charge is 0.469 e. The number of anilines is 1. The highest BCUT2D eigenvalue weighted by Crippen LogP contribution is 2.59. The van der Waals surface area contributed by atoms with Crippen molar-refractivity contribution < 1.29 is 32.7 Å². The Kier molecular flexibility index (Phi) is 7.74. The minimum absolute atomic E-state index is 0.00402. The molecule has 4 bridgehead atoms. The van der Waals surface area contributed by atoms with Gasteiger partial charge < -0.3 is 39.6 Å². The van der Waals surface area contributed by atoms with Gasteiger partial charge in [0.25, 0.3) is 0 Å². The number of nitrogens with zero attached hydrogens (tertiary/aromatic N) is 2. The molecule has 2 aromatic heterocycles. The van der Waals surface area contributed by atoms with Crippen LogP contribution in [0, 0.1) is 11.8 Å². The van der Waals surface area contributed by atoms with Crippen LogP contribution < -0.4 is 26.0 Å². The number of ether oxygens (including phenoxy) is 2. The number of para-hydroxylation sites is 1. The molecular weight excluding hydrogens is 616 g/mol. The quantitative estimate of drug-likeness (QED) is 0.214. The molecule has 48 heavy (non-hydrogen) atoms. The molecule has 5 atom stereocenters. The standard InChI is InChI=1S/C35H38N6O7/c1-16(2)25(36-5)30(43)37-22-14-18-11-12-24-20(13-18)35(19-9-7-8-10-21(19)39-34(35)47-24)28-27(31-38-23(15-46-31)33(44)45-6)41-32(48-28)26(17(3)4)40-29(22)42/h7-13,15-17,22,25-26,34,36,39H,14H2,1-6H3,(H,37,43)(H,40,42)/t22-,25?,26-,34-,35?/m0/s1. The summed E-state index contributed by atoms with van der Waals surface area (Å²) in [7, 11) is 2.99. The van der Waals surface area contributed by atoms with Crippen molar-refractivity contribution in [1.82, 2.24) is 25.9 Å². The molecule has 3 aliphatic rings. The maximum atomic E-state index is 14.1. The predicted octanol–water partition coefficient (Wildman–Crippen LogP) is 3.69. The number of oxazole rings is 2. The molecule has 13 heteroatoms. The van der Waals surface area contributed by atoms with Crippen molar-refractivity contribution in [2.24, 2.45) is 11.8 Å². The van der Waals surface area contributed by atoms with Crippen LogP contribution in [-0.2, 0) is 26.2 Å². The maximum Gasteiger partial charge on any atom is 0.360 e. The van der Waals surface area contributed by atoms with E-state index in [9.17, 15) is 14.4 Å². The number of likely N-dealkylation sites (N-methyl/N-ethyl adjacent to an activating group) is 1. The predicted molar refractivity (Wildman–Crippen MR) is 173 cm³/mol. The van der Waals surface area contributed by atoms with Crippen LogP contribution in [-0.4, -0.2) is 60.2 Å². The molecule has 0 fully saturated rings. The van der Waals surface area contributed by atoms with E-state index >= 15 is 0 Å². The van der Waals surface area contributed by atoms with Crippen molar-refractivity contribution in [2.75, 3.05) is 19.5 Å². The highest BCUT2D eigenvalue weighted by atomic mass is 16.5. The summed E-state index contributed by atoms with van der Waals surface area (Å²) in [4.78, 5) is 49.3. The minimum atomic E-state index is -1.07. The Balaban J connectivity index is 1.46. The number of amides is 2. The molecule has 2 aromatic carbocycles. The van der Waals surface area contributed by atoms with Gasteiger partial charge in [0.1, 0.15) is 29.5 Å². The fourth-order valence-corrected chi connectivity index (χ4v) is 7.06. The van der Waals surface area contributed by atoms with Crippen LogP contribution in [0.3, 0.4) is 0 Å². The molecule has 250 valence electrons. The van der Waals surface area contributed by atoms with E-state index in [2.05, 4.69) is 26.3 Å². The van der Waals surface area contributed by atoms with Gasteiger partial charge in [-0.05, 0) is 42.1 Å². The lowest BCUT2D eigenvalue weighted by Gasteiger charge is -2.29. The van der Waals surface area contributed by atoms with Gasteiger partial charge in [0.2, 0.25) is 23.6 Å². The van der Waals surface area contributed by atoms with Crippen molar-refractivity contribution >= 4 is 23.5 Å². The first-order valence-electron chi connectivity index (χ1n) is 16.1. The molecule has 4 aromatic rings. The van der Waals surface area contributed by atoms with E-state index in [1.165, 1.54) is 13.4 Å². The number of esters is 1. The van der Waals surface area contributed by atoms with Crippen LogP contribution in [0.2, 0.25) is 0 Å². The molecule has 1 spiro atoms. The second kappa shape index (κ2) is 11.8. The van der Waals surface area contributed by atoms with Gasteiger partial charge in [-0.2, -0.15) is 0 Å². The number of methoxy groups -OCH3 is 1. The molecule has 2 amide bonds. The van der Waals surface area contributed by atoms with E-state index in [1.807, 2.05) is 70.2 Å². The Labute approximate surface area is 277 Å². The first-order chi connectivity index (χ1) is 23.1. The summed E-state index contributed by atoms with van der Waals surface area (Å²) in [5, 5.41) is 12.7. The first-order valence-corrected chi connectivity index (χ1v) is 16.1. The number of hydrogen-bond acceptors (Lipinski definition) is 11. The third kappa shape index (κ3) is 4.83. The van der Waals surface area contributed by atoms with Gasteiger partial charge in [0.05, 0.1) is 13.2 Å². The Morgan fingerprint density at radius 1 is 1.06 bits per heavy atom.